The van der Waals surface area contributed by atoms with Crippen LogP contribution in [0.15, 0.2) is 48.5 Å². The molecule has 0 spiro atoms. The third kappa shape index (κ3) is 5.78. The number of carboxylic acids is 1. The van der Waals surface area contributed by atoms with Crippen LogP contribution in [-0.4, -0.2) is 67.6 Å². The van der Waals surface area contributed by atoms with Crippen molar-refractivity contribution in [2.45, 2.75) is 38.0 Å². The Labute approximate surface area is 202 Å². The van der Waals surface area contributed by atoms with E-state index < -0.39 is 42.1 Å². The molecule has 0 aliphatic heterocycles. The Morgan fingerprint density at radius 3 is 2.03 bits per heavy atom. The summed E-state index contributed by atoms with van der Waals surface area (Å²) < 4.78 is 15.2. The molecule has 2 amide bonds. The van der Waals surface area contributed by atoms with Crippen LogP contribution in [0.3, 0.4) is 0 Å². The molecule has 0 aromatic heterocycles. The summed E-state index contributed by atoms with van der Waals surface area (Å²) in [7, 11) is 1.28. The largest absolute Gasteiger partial charge is 0.480 e. The third-order valence-corrected chi connectivity index (χ3v) is 5.80. The van der Waals surface area contributed by atoms with Crippen LogP contribution in [0.4, 0.5) is 4.79 Å². The number of methoxy groups -OCH3 is 1. The quantitative estimate of drug-likeness (QED) is 0.344. The maximum atomic E-state index is 12.7. The number of hydrogen-bond donors (Lipinski definition) is 3. The van der Waals surface area contributed by atoms with Crippen molar-refractivity contribution in [3.8, 4) is 11.1 Å². The van der Waals surface area contributed by atoms with Crippen molar-refractivity contribution < 1.29 is 38.5 Å². The first-order chi connectivity index (χ1) is 16.8. The zero-order valence-electron chi connectivity index (χ0n) is 19.6. The SMILES string of the molecule is CCOC(=O)C(NC(=O)OCC1c2ccccc2-c2ccccc21)C(=O)NC(C(=O)O)C(C)OC. The lowest BCUT2D eigenvalue weighted by atomic mass is 9.98. The fourth-order valence-corrected chi connectivity index (χ4v) is 3.97. The molecule has 10 heteroatoms. The van der Waals surface area contributed by atoms with E-state index in [-0.39, 0.29) is 19.1 Å². The van der Waals surface area contributed by atoms with Crippen LogP contribution in [0.2, 0.25) is 0 Å². The molecule has 10 nitrogen and oxygen atoms in total. The van der Waals surface area contributed by atoms with E-state index in [0.717, 1.165) is 22.3 Å². The van der Waals surface area contributed by atoms with Crippen LogP contribution in [0.1, 0.15) is 30.9 Å². The van der Waals surface area contributed by atoms with Crippen LogP contribution in [0, 0.1) is 0 Å². The number of fused-ring (bicyclic) bond motifs is 3. The van der Waals surface area contributed by atoms with Crippen LogP contribution >= 0.6 is 0 Å². The molecule has 1 aliphatic rings. The van der Waals surface area contributed by atoms with E-state index in [1.807, 2.05) is 48.5 Å². The lowest BCUT2D eigenvalue weighted by Gasteiger charge is -2.23. The smallest absolute Gasteiger partial charge is 0.408 e. The first kappa shape index (κ1) is 25.7. The first-order valence-electron chi connectivity index (χ1n) is 11.1. The van der Waals surface area contributed by atoms with Crippen molar-refractivity contribution in [2.75, 3.05) is 20.3 Å². The van der Waals surface area contributed by atoms with Crippen LogP contribution < -0.4 is 10.6 Å². The number of nitrogens with one attached hydrogen (secondary N) is 2. The van der Waals surface area contributed by atoms with E-state index in [9.17, 15) is 24.3 Å². The standard InChI is InChI=1S/C25H28N2O8/c1-4-34-24(31)21(22(28)26-20(23(29)30)14(2)33-3)27-25(32)35-13-19-17-11-7-5-9-15(17)16-10-6-8-12-18(16)19/h5-12,14,19-21H,4,13H2,1-3H3,(H,26,28)(H,27,32)(H,29,30). The maximum absolute atomic E-state index is 12.7. The fourth-order valence-electron chi connectivity index (χ4n) is 3.97. The average molecular weight is 485 g/mol. The molecule has 0 radical (unpaired) electrons. The number of rotatable bonds is 10. The summed E-state index contributed by atoms with van der Waals surface area (Å²) in [6, 6.07) is 12.3. The normalized spacial score (nSPS) is 14.6. The number of aliphatic carboxylic acids is 1. The van der Waals surface area contributed by atoms with Gasteiger partial charge in [0.1, 0.15) is 6.61 Å². The van der Waals surface area contributed by atoms with E-state index in [0.29, 0.717) is 0 Å². The molecule has 3 rings (SSSR count). The van der Waals surface area contributed by atoms with Gasteiger partial charge in [-0.2, -0.15) is 0 Å². The van der Waals surface area contributed by atoms with Gasteiger partial charge in [0.2, 0.25) is 6.04 Å². The monoisotopic (exact) mass is 484 g/mol. The number of esters is 1. The number of amides is 2. The van der Waals surface area contributed by atoms with Crippen molar-refractivity contribution in [1.82, 2.24) is 10.6 Å². The minimum absolute atomic E-state index is 0.0323. The fraction of sp³-hybridized carbons (Fsp3) is 0.360. The second-order valence-corrected chi connectivity index (χ2v) is 7.92. The highest BCUT2D eigenvalue weighted by Crippen LogP contribution is 2.44. The summed E-state index contributed by atoms with van der Waals surface area (Å²) in [4.78, 5) is 49.2. The van der Waals surface area contributed by atoms with Gasteiger partial charge in [-0.25, -0.2) is 14.4 Å². The summed E-state index contributed by atoms with van der Waals surface area (Å²) in [5.41, 5.74) is 4.10. The summed E-state index contributed by atoms with van der Waals surface area (Å²) >= 11 is 0. The van der Waals surface area contributed by atoms with E-state index in [1.54, 1.807) is 0 Å². The number of alkyl carbamates (subject to hydrolysis) is 1. The minimum Gasteiger partial charge on any atom is -0.480 e. The van der Waals surface area contributed by atoms with E-state index in [2.05, 4.69) is 10.6 Å². The summed E-state index contributed by atoms with van der Waals surface area (Å²) in [5.74, 6) is -3.70. The van der Waals surface area contributed by atoms with Crippen LogP contribution in [0.25, 0.3) is 11.1 Å². The number of carbonyl (C=O) groups is 4. The number of hydrogen-bond acceptors (Lipinski definition) is 7. The molecule has 0 heterocycles. The molecule has 1 aliphatic carbocycles. The number of carboxylic acid groups (broad SMARTS) is 1. The van der Waals surface area contributed by atoms with E-state index >= 15 is 0 Å². The van der Waals surface area contributed by atoms with Gasteiger partial charge in [-0.15, -0.1) is 0 Å². The molecule has 0 bridgehead atoms. The van der Waals surface area contributed by atoms with Crippen molar-refractivity contribution >= 4 is 23.9 Å². The number of carbonyl (C=O) groups excluding carboxylic acids is 3. The van der Waals surface area contributed by atoms with Gasteiger partial charge < -0.3 is 24.6 Å². The Kier molecular flexibility index (Phi) is 8.43. The Hall–Kier alpha value is -3.92. The van der Waals surface area contributed by atoms with Gasteiger partial charge in [-0.1, -0.05) is 48.5 Å². The lowest BCUT2D eigenvalue weighted by Crippen LogP contribution is -2.58. The van der Waals surface area contributed by atoms with E-state index in [4.69, 9.17) is 14.2 Å². The second kappa shape index (κ2) is 11.5. The van der Waals surface area contributed by atoms with E-state index in [1.165, 1.54) is 21.0 Å². The topological polar surface area (TPSA) is 140 Å². The van der Waals surface area contributed by atoms with Crippen molar-refractivity contribution in [2.24, 2.45) is 0 Å². The van der Waals surface area contributed by atoms with Crippen molar-refractivity contribution in [3.05, 3.63) is 59.7 Å². The highest BCUT2D eigenvalue weighted by molar-refractivity contribution is 6.05. The summed E-state index contributed by atoms with van der Waals surface area (Å²) in [6.45, 7) is 2.89. The van der Waals surface area contributed by atoms with Gasteiger partial charge in [0.25, 0.3) is 5.91 Å². The Balaban J connectivity index is 1.71. The zero-order chi connectivity index (χ0) is 25.5. The van der Waals surface area contributed by atoms with Crippen LogP contribution in [0.5, 0.6) is 0 Å². The van der Waals surface area contributed by atoms with Gasteiger partial charge in [0.15, 0.2) is 6.04 Å². The van der Waals surface area contributed by atoms with Crippen molar-refractivity contribution in [1.29, 1.82) is 0 Å². The van der Waals surface area contributed by atoms with Gasteiger partial charge >= 0.3 is 18.0 Å². The van der Waals surface area contributed by atoms with Gasteiger partial charge in [-0.3, -0.25) is 10.1 Å². The predicted molar refractivity (Wildman–Crippen MR) is 125 cm³/mol. The molecule has 0 saturated heterocycles. The van der Waals surface area contributed by atoms with Gasteiger partial charge in [0, 0.05) is 13.0 Å². The molecular weight excluding hydrogens is 456 g/mol. The molecule has 2 aromatic carbocycles. The molecule has 3 atom stereocenters. The third-order valence-electron chi connectivity index (χ3n) is 5.80. The molecule has 2 aromatic rings. The predicted octanol–water partition coefficient (Wildman–Crippen LogP) is 2.06. The molecule has 3 N–H and O–H groups in total. The Morgan fingerprint density at radius 1 is 0.943 bits per heavy atom. The highest BCUT2D eigenvalue weighted by Gasteiger charge is 2.36. The first-order valence-corrected chi connectivity index (χ1v) is 11.1. The Bertz CT molecular complexity index is 1060. The number of benzene rings is 2. The Morgan fingerprint density at radius 2 is 1.51 bits per heavy atom. The van der Waals surface area contributed by atoms with Crippen LogP contribution in [-0.2, 0) is 28.6 Å². The molecular formula is C25H28N2O8. The number of ether oxygens (including phenoxy) is 3. The lowest BCUT2D eigenvalue weighted by molar-refractivity contribution is -0.152. The maximum Gasteiger partial charge on any atom is 0.408 e. The molecule has 35 heavy (non-hydrogen) atoms. The molecule has 0 saturated carbocycles. The van der Waals surface area contributed by atoms with Gasteiger partial charge in [-0.05, 0) is 36.1 Å². The second-order valence-electron chi connectivity index (χ2n) is 7.92. The summed E-state index contributed by atoms with van der Waals surface area (Å²) in [6.07, 6.45) is -1.92. The highest BCUT2D eigenvalue weighted by atomic mass is 16.6. The van der Waals surface area contributed by atoms with Gasteiger partial charge in [0.05, 0.1) is 12.7 Å². The zero-order valence-corrected chi connectivity index (χ0v) is 19.6. The van der Waals surface area contributed by atoms with Crippen molar-refractivity contribution in [3.63, 3.8) is 0 Å². The molecule has 186 valence electrons. The average Bonchev–Trinajstić information content (AvgIpc) is 3.17. The molecule has 3 unspecified atom stereocenters. The molecule has 0 fully saturated rings. The minimum atomic E-state index is -1.81. The summed E-state index contributed by atoms with van der Waals surface area (Å²) in [5, 5.41) is 13.8.